The van der Waals surface area contributed by atoms with Gasteiger partial charge in [-0.3, -0.25) is 0 Å². The third-order valence-corrected chi connectivity index (χ3v) is 4.84. The molecule has 112 valence electrons. The van der Waals surface area contributed by atoms with E-state index in [9.17, 15) is 0 Å². The van der Waals surface area contributed by atoms with E-state index in [0.29, 0.717) is 5.92 Å². The molecular formula is C23H20. The number of allylic oxidation sites excluding steroid dienone is 1. The molecule has 0 nitrogen and oxygen atoms in total. The second-order valence-electron chi connectivity index (χ2n) is 6.35. The lowest BCUT2D eigenvalue weighted by atomic mass is 9.89. The fraction of sp³-hybridized carbons (Fsp3) is 0.130. The maximum absolute atomic E-state index is 2.37. The van der Waals surface area contributed by atoms with Crippen LogP contribution in [0.1, 0.15) is 35.1 Å². The molecule has 0 heterocycles. The average Bonchev–Trinajstić information content (AvgIpc) is 2.94. The quantitative estimate of drug-likeness (QED) is 0.519. The number of hydrogen-bond acceptors (Lipinski definition) is 0. The summed E-state index contributed by atoms with van der Waals surface area (Å²) in [4.78, 5) is 0. The Labute approximate surface area is 138 Å². The van der Waals surface area contributed by atoms with Crippen molar-refractivity contribution >= 4 is 11.6 Å². The highest BCUT2D eigenvalue weighted by atomic mass is 14.3. The molecule has 0 amide bonds. The van der Waals surface area contributed by atoms with E-state index in [2.05, 4.69) is 92.7 Å². The molecule has 1 aliphatic carbocycles. The van der Waals surface area contributed by atoms with Crippen molar-refractivity contribution in [2.24, 2.45) is 0 Å². The molecule has 0 fully saturated rings. The summed E-state index contributed by atoms with van der Waals surface area (Å²) in [5, 5.41) is 0. The van der Waals surface area contributed by atoms with Crippen molar-refractivity contribution < 1.29 is 0 Å². The Kier molecular flexibility index (Phi) is 3.38. The van der Waals surface area contributed by atoms with Crippen LogP contribution in [0.5, 0.6) is 0 Å². The number of benzene rings is 3. The minimum atomic E-state index is 0.456. The minimum absolute atomic E-state index is 0.456. The van der Waals surface area contributed by atoms with Crippen LogP contribution in [-0.4, -0.2) is 0 Å². The highest BCUT2D eigenvalue weighted by Gasteiger charge is 2.24. The van der Waals surface area contributed by atoms with E-state index in [1.165, 1.54) is 39.0 Å². The maximum atomic E-state index is 2.37. The number of rotatable bonds is 2. The van der Waals surface area contributed by atoms with Crippen LogP contribution in [0.3, 0.4) is 0 Å². The third-order valence-electron chi connectivity index (χ3n) is 4.84. The van der Waals surface area contributed by atoms with Crippen LogP contribution >= 0.6 is 0 Å². The predicted octanol–water partition coefficient (Wildman–Crippen LogP) is 6.32. The van der Waals surface area contributed by atoms with Gasteiger partial charge in [-0.15, -0.1) is 0 Å². The molecule has 1 unspecified atom stereocenters. The molecule has 3 aromatic rings. The van der Waals surface area contributed by atoms with E-state index in [4.69, 9.17) is 0 Å². The second kappa shape index (κ2) is 5.55. The van der Waals surface area contributed by atoms with Gasteiger partial charge in [0.1, 0.15) is 0 Å². The third kappa shape index (κ3) is 2.41. The molecule has 1 aliphatic rings. The van der Waals surface area contributed by atoms with Gasteiger partial charge < -0.3 is 0 Å². The summed E-state index contributed by atoms with van der Waals surface area (Å²) in [6.07, 6.45) is 2.37. The van der Waals surface area contributed by atoms with Crippen LogP contribution in [0, 0.1) is 6.92 Å². The predicted molar refractivity (Wildman–Crippen MR) is 99.3 cm³/mol. The second-order valence-corrected chi connectivity index (χ2v) is 6.35. The Morgan fingerprint density at radius 2 is 1.30 bits per heavy atom. The molecule has 0 spiro atoms. The molecular weight excluding hydrogens is 276 g/mol. The summed E-state index contributed by atoms with van der Waals surface area (Å²) in [6.45, 7) is 4.56. The van der Waals surface area contributed by atoms with E-state index < -0.39 is 0 Å². The first-order valence-corrected chi connectivity index (χ1v) is 8.21. The van der Waals surface area contributed by atoms with Gasteiger partial charge in [-0.25, -0.2) is 0 Å². The normalized spacial score (nSPS) is 16.1. The lowest BCUT2D eigenvalue weighted by Gasteiger charge is -2.15. The summed E-state index contributed by atoms with van der Waals surface area (Å²) in [7, 11) is 0. The van der Waals surface area contributed by atoms with E-state index in [-0.39, 0.29) is 0 Å². The van der Waals surface area contributed by atoms with Gasteiger partial charge in [0.25, 0.3) is 0 Å². The van der Waals surface area contributed by atoms with Gasteiger partial charge in [-0.2, -0.15) is 0 Å². The zero-order valence-electron chi connectivity index (χ0n) is 13.6. The van der Waals surface area contributed by atoms with Crippen molar-refractivity contribution in [1.29, 1.82) is 0 Å². The molecule has 0 aromatic heterocycles. The van der Waals surface area contributed by atoms with Gasteiger partial charge in [-0.05, 0) is 51.9 Å². The molecule has 0 saturated carbocycles. The lowest BCUT2D eigenvalue weighted by Crippen LogP contribution is -1.97. The molecule has 3 aromatic carbocycles. The van der Waals surface area contributed by atoms with Gasteiger partial charge >= 0.3 is 0 Å². The van der Waals surface area contributed by atoms with Crippen LogP contribution < -0.4 is 0 Å². The van der Waals surface area contributed by atoms with E-state index in [0.717, 1.165) is 0 Å². The first-order valence-electron chi connectivity index (χ1n) is 8.21. The summed E-state index contributed by atoms with van der Waals surface area (Å²) in [5.41, 5.74) is 9.58. The van der Waals surface area contributed by atoms with Crippen molar-refractivity contribution in [3.8, 4) is 11.1 Å². The molecule has 0 bridgehead atoms. The summed E-state index contributed by atoms with van der Waals surface area (Å²) >= 11 is 0. The van der Waals surface area contributed by atoms with E-state index in [1.54, 1.807) is 0 Å². The Morgan fingerprint density at radius 1 is 0.696 bits per heavy atom. The number of hydrogen-bond donors (Lipinski definition) is 0. The van der Waals surface area contributed by atoms with Crippen molar-refractivity contribution in [2.75, 3.05) is 0 Å². The molecule has 0 N–H and O–H groups in total. The van der Waals surface area contributed by atoms with Crippen LogP contribution in [0.15, 0.2) is 72.8 Å². The first kappa shape index (κ1) is 14.0. The Bertz CT molecular complexity index is 871. The summed E-state index contributed by atoms with van der Waals surface area (Å²) in [5.74, 6) is 0.456. The van der Waals surface area contributed by atoms with E-state index >= 15 is 0 Å². The maximum Gasteiger partial charge on any atom is 0.00757 e. The van der Waals surface area contributed by atoms with Crippen LogP contribution in [0.4, 0.5) is 0 Å². The SMILES string of the molecule is Cc1cc(-c2ccccc2)cc2c1C(C)C(c1ccccc1)=C2. The van der Waals surface area contributed by atoms with Crippen molar-refractivity contribution in [1.82, 2.24) is 0 Å². The fourth-order valence-corrected chi connectivity index (χ4v) is 3.75. The number of fused-ring (bicyclic) bond motifs is 1. The largest absolute Gasteiger partial charge is 0.0622 e. The van der Waals surface area contributed by atoms with Gasteiger partial charge in [-0.1, -0.05) is 79.7 Å². The van der Waals surface area contributed by atoms with Gasteiger partial charge in [0, 0.05) is 5.92 Å². The monoisotopic (exact) mass is 296 g/mol. The molecule has 23 heavy (non-hydrogen) atoms. The first-order chi connectivity index (χ1) is 11.2. The minimum Gasteiger partial charge on any atom is -0.0622 e. The lowest BCUT2D eigenvalue weighted by molar-refractivity contribution is 0.992. The summed E-state index contributed by atoms with van der Waals surface area (Å²) < 4.78 is 0. The molecule has 4 rings (SSSR count). The molecule has 0 saturated heterocycles. The Morgan fingerprint density at radius 3 is 1.96 bits per heavy atom. The Hall–Kier alpha value is -2.60. The highest BCUT2D eigenvalue weighted by Crippen LogP contribution is 2.44. The summed E-state index contributed by atoms with van der Waals surface area (Å²) in [6, 6.07) is 26.0. The van der Waals surface area contributed by atoms with Gasteiger partial charge in [0.2, 0.25) is 0 Å². The van der Waals surface area contributed by atoms with Crippen molar-refractivity contribution in [3.05, 3.63) is 95.1 Å². The zero-order valence-corrected chi connectivity index (χ0v) is 13.6. The highest BCUT2D eigenvalue weighted by molar-refractivity contribution is 5.93. The zero-order chi connectivity index (χ0) is 15.8. The van der Waals surface area contributed by atoms with Crippen LogP contribution in [-0.2, 0) is 0 Å². The van der Waals surface area contributed by atoms with Gasteiger partial charge in [0.15, 0.2) is 0 Å². The smallest absolute Gasteiger partial charge is 0.00757 e. The molecule has 1 atom stereocenters. The molecule has 0 aliphatic heterocycles. The van der Waals surface area contributed by atoms with Crippen molar-refractivity contribution in [2.45, 2.75) is 19.8 Å². The average molecular weight is 296 g/mol. The van der Waals surface area contributed by atoms with Crippen LogP contribution in [0.2, 0.25) is 0 Å². The van der Waals surface area contributed by atoms with E-state index in [1.807, 2.05) is 0 Å². The van der Waals surface area contributed by atoms with Crippen LogP contribution in [0.25, 0.3) is 22.8 Å². The number of aryl methyl sites for hydroxylation is 1. The fourth-order valence-electron chi connectivity index (χ4n) is 3.75. The van der Waals surface area contributed by atoms with Crippen molar-refractivity contribution in [3.63, 3.8) is 0 Å². The topological polar surface area (TPSA) is 0 Å². The van der Waals surface area contributed by atoms with Gasteiger partial charge in [0.05, 0.1) is 0 Å². The Balaban J connectivity index is 1.83. The molecule has 0 radical (unpaired) electrons. The standard InChI is InChI=1S/C23H20/c1-16-13-20(18-9-5-3-6-10-18)14-21-15-22(17(2)23(16)21)19-11-7-4-8-12-19/h3-15,17H,1-2H3. The molecule has 0 heteroatoms.